The van der Waals surface area contributed by atoms with Crippen molar-refractivity contribution >= 4 is 5.97 Å². The molecule has 0 atom stereocenters. The molecule has 0 heterocycles. The van der Waals surface area contributed by atoms with Crippen molar-refractivity contribution in [1.29, 1.82) is 0 Å². The van der Waals surface area contributed by atoms with E-state index in [0.717, 1.165) is 18.4 Å². The molecule has 0 N–H and O–H groups in total. The lowest BCUT2D eigenvalue weighted by Crippen LogP contribution is -2.12. The summed E-state index contributed by atoms with van der Waals surface area (Å²) in [7, 11) is 0. The molecule has 0 spiro atoms. The van der Waals surface area contributed by atoms with Crippen molar-refractivity contribution in [3.8, 4) is 11.5 Å². The Morgan fingerprint density at radius 2 is 1.54 bits per heavy atom. The third-order valence-corrected chi connectivity index (χ3v) is 4.69. The summed E-state index contributed by atoms with van der Waals surface area (Å²) in [6, 6.07) is 14.9. The molecule has 0 aromatic heterocycles. The third kappa shape index (κ3) is 7.22. The minimum atomic E-state index is -0.397. The van der Waals surface area contributed by atoms with Crippen molar-refractivity contribution in [2.24, 2.45) is 0 Å². The average Bonchev–Trinajstić information content (AvgIpc) is 2.73. The molecule has 28 heavy (non-hydrogen) atoms. The molecule has 0 aliphatic carbocycles. The first kappa shape index (κ1) is 21.7. The van der Waals surface area contributed by atoms with Crippen LogP contribution in [-0.2, 0) is 6.42 Å². The SMILES string of the molecule is C=CCOc1ccccc1C(=O)Oc1ccccc1CCCCCCCCC. The van der Waals surface area contributed by atoms with Gasteiger partial charge in [-0.15, -0.1) is 0 Å². The van der Waals surface area contributed by atoms with Gasteiger partial charge in [-0.1, -0.05) is 88.4 Å². The summed E-state index contributed by atoms with van der Waals surface area (Å²) in [5.74, 6) is 0.751. The molecular weight excluding hydrogens is 348 g/mol. The molecule has 0 aliphatic heterocycles. The maximum absolute atomic E-state index is 12.7. The Labute approximate surface area is 169 Å². The lowest BCUT2D eigenvalue weighted by Gasteiger charge is -2.12. The molecule has 2 rings (SSSR count). The minimum Gasteiger partial charge on any atom is -0.489 e. The summed E-state index contributed by atoms with van der Waals surface area (Å²) >= 11 is 0. The summed E-state index contributed by atoms with van der Waals surface area (Å²) in [5.41, 5.74) is 1.50. The van der Waals surface area contributed by atoms with Gasteiger partial charge in [0.1, 0.15) is 23.7 Å². The zero-order valence-corrected chi connectivity index (χ0v) is 17.0. The van der Waals surface area contributed by atoms with E-state index in [0.29, 0.717) is 23.7 Å². The molecule has 2 aromatic rings. The van der Waals surface area contributed by atoms with Crippen molar-refractivity contribution in [3.63, 3.8) is 0 Å². The van der Waals surface area contributed by atoms with E-state index in [1.54, 1.807) is 18.2 Å². The van der Waals surface area contributed by atoms with Gasteiger partial charge in [0.15, 0.2) is 0 Å². The zero-order valence-electron chi connectivity index (χ0n) is 17.0. The standard InChI is InChI=1S/C25H32O3/c1-3-5-6-7-8-9-10-15-21-16-11-13-18-23(21)28-25(26)22-17-12-14-19-24(22)27-20-4-2/h4,11-14,16-19H,2-3,5-10,15,20H2,1H3. The normalized spacial score (nSPS) is 10.5. The fourth-order valence-corrected chi connectivity index (χ4v) is 3.15. The van der Waals surface area contributed by atoms with Crippen molar-refractivity contribution in [3.05, 3.63) is 72.3 Å². The van der Waals surface area contributed by atoms with Crippen LogP contribution in [0.25, 0.3) is 0 Å². The van der Waals surface area contributed by atoms with Crippen molar-refractivity contribution in [2.75, 3.05) is 6.61 Å². The number of hydrogen-bond donors (Lipinski definition) is 0. The molecule has 0 fully saturated rings. The third-order valence-electron chi connectivity index (χ3n) is 4.69. The molecule has 0 radical (unpaired) electrons. The van der Waals surface area contributed by atoms with E-state index in [2.05, 4.69) is 13.5 Å². The van der Waals surface area contributed by atoms with Gasteiger partial charge in [0, 0.05) is 0 Å². The number of rotatable bonds is 13. The van der Waals surface area contributed by atoms with Gasteiger partial charge in [0.25, 0.3) is 0 Å². The monoisotopic (exact) mass is 380 g/mol. The van der Waals surface area contributed by atoms with Crippen LogP contribution in [0.2, 0.25) is 0 Å². The van der Waals surface area contributed by atoms with Crippen LogP contribution in [0.5, 0.6) is 11.5 Å². The largest absolute Gasteiger partial charge is 0.489 e. The highest BCUT2D eigenvalue weighted by Gasteiger charge is 2.16. The van der Waals surface area contributed by atoms with Gasteiger partial charge < -0.3 is 9.47 Å². The fraction of sp³-hybridized carbons (Fsp3) is 0.400. The van der Waals surface area contributed by atoms with E-state index in [9.17, 15) is 4.79 Å². The number of aryl methyl sites for hydroxylation is 1. The quantitative estimate of drug-likeness (QED) is 0.167. The number of benzene rings is 2. The molecular formula is C25H32O3. The Bertz CT molecular complexity index is 736. The van der Waals surface area contributed by atoms with Gasteiger partial charge in [-0.2, -0.15) is 0 Å². The van der Waals surface area contributed by atoms with Gasteiger partial charge in [0.05, 0.1) is 0 Å². The van der Waals surface area contributed by atoms with Gasteiger partial charge >= 0.3 is 5.97 Å². The highest BCUT2D eigenvalue weighted by atomic mass is 16.5. The van der Waals surface area contributed by atoms with E-state index in [-0.39, 0.29) is 0 Å². The molecule has 0 aliphatic rings. The first-order chi connectivity index (χ1) is 13.8. The van der Waals surface area contributed by atoms with Gasteiger partial charge in [0.2, 0.25) is 0 Å². The molecule has 0 unspecified atom stereocenters. The van der Waals surface area contributed by atoms with Crippen LogP contribution in [0, 0.1) is 0 Å². The minimum absolute atomic E-state index is 0.346. The molecule has 0 bridgehead atoms. The Kier molecular flexibility index (Phi) is 9.92. The maximum atomic E-state index is 12.7. The highest BCUT2D eigenvalue weighted by Crippen LogP contribution is 2.25. The van der Waals surface area contributed by atoms with Gasteiger partial charge in [-0.25, -0.2) is 4.79 Å². The molecule has 0 amide bonds. The zero-order chi connectivity index (χ0) is 20.0. The number of unbranched alkanes of at least 4 members (excludes halogenated alkanes) is 6. The van der Waals surface area contributed by atoms with Crippen molar-refractivity contribution < 1.29 is 14.3 Å². The van der Waals surface area contributed by atoms with E-state index in [4.69, 9.17) is 9.47 Å². The Balaban J connectivity index is 1.94. The van der Waals surface area contributed by atoms with Crippen molar-refractivity contribution in [1.82, 2.24) is 0 Å². The number of hydrogen-bond acceptors (Lipinski definition) is 3. The fourth-order valence-electron chi connectivity index (χ4n) is 3.15. The molecule has 150 valence electrons. The second-order valence-electron chi connectivity index (χ2n) is 6.96. The summed E-state index contributed by atoms with van der Waals surface area (Å²) in [5, 5.41) is 0. The maximum Gasteiger partial charge on any atom is 0.347 e. The van der Waals surface area contributed by atoms with Gasteiger partial charge in [-0.3, -0.25) is 0 Å². The highest BCUT2D eigenvalue weighted by molar-refractivity contribution is 5.94. The molecule has 3 heteroatoms. The summed E-state index contributed by atoms with van der Waals surface area (Å²) < 4.78 is 11.3. The van der Waals surface area contributed by atoms with Gasteiger partial charge in [-0.05, 0) is 36.6 Å². The topological polar surface area (TPSA) is 35.5 Å². The van der Waals surface area contributed by atoms with Crippen molar-refractivity contribution in [2.45, 2.75) is 58.3 Å². The van der Waals surface area contributed by atoms with E-state index >= 15 is 0 Å². The van der Waals surface area contributed by atoms with E-state index in [1.165, 1.54) is 38.5 Å². The Hall–Kier alpha value is -2.55. The first-order valence-corrected chi connectivity index (χ1v) is 10.4. The van der Waals surface area contributed by atoms with Crippen LogP contribution in [0.15, 0.2) is 61.2 Å². The lowest BCUT2D eigenvalue weighted by molar-refractivity contribution is 0.0729. The van der Waals surface area contributed by atoms with Crippen LogP contribution in [0.4, 0.5) is 0 Å². The number of ether oxygens (including phenoxy) is 2. The Morgan fingerprint density at radius 3 is 2.29 bits per heavy atom. The number of carbonyl (C=O) groups is 1. The summed E-state index contributed by atoms with van der Waals surface area (Å²) in [6.07, 6.45) is 11.4. The second kappa shape index (κ2) is 12.8. The van der Waals surface area contributed by atoms with Crippen LogP contribution >= 0.6 is 0 Å². The van der Waals surface area contributed by atoms with Crippen LogP contribution in [-0.4, -0.2) is 12.6 Å². The second-order valence-corrected chi connectivity index (χ2v) is 6.96. The smallest absolute Gasteiger partial charge is 0.347 e. The number of carbonyl (C=O) groups excluding carboxylic acids is 1. The average molecular weight is 381 g/mol. The van der Waals surface area contributed by atoms with Crippen LogP contribution < -0.4 is 9.47 Å². The molecule has 2 aromatic carbocycles. The summed E-state index contributed by atoms with van der Waals surface area (Å²) in [4.78, 5) is 12.7. The molecule has 0 saturated carbocycles. The lowest BCUT2D eigenvalue weighted by atomic mass is 10.0. The molecule has 0 saturated heterocycles. The van der Waals surface area contributed by atoms with Crippen LogP contribution in [0.1, 0.15) is 67.8 Å². The number of para-hydroxylation sites is 2. The van der Waals surface area contributed by atoms with E-state index in [1.807, 2.05) is 36.4 Å². The first-order valence-electron chi connectivity index (χ1n) is 10.4. The Morgan fingerprint density at radius 1 is 0.893 bits per heavy atom. The summed E-state index contributed by atoms with van der Waals surface area (Å²) in [6.45, 7) is 6.23. The molecule has 3 nitrogen and oxygen atoms in total. The number of esters is 1. The van der Waals surface area contributed by atoms with Crippen LogP contribution in [0.3, 0.4) is 0 Å². The van der Waals surface area contributed by atoms with E-state index < -0.39 is 5.97 Å². The predicted octanol–water partition coefficient (Wildman–Crippen LogP) is 6.76. The predicted molar refractivity (Wildman–Crippen MR) is 115 cm³/mol.